The van der Waals surface area contributed by atoms with E-state index in [0.717, 1.165) is 54.1 Å². The van der Waals surface area contributed by atoms with Crippen molar-refractivity contribution < 1.29 is 0 Å². The monoisotopic (exact) mass is 457 g/mol. The van der Waals surface area contributed by atoms with Crippen molar-refractivity contribution in [2.24, 2.45) is 13.0 Å². The van der Waals surface area contributed by atoms with Crippen molar-refractivity contribution in [1.29, 1.82) is 0 Å². The molecule has 2 aliphatic rings. The zero-order valence-electron chi connectivity index (χ0n) is 19.5. The Kier molecular flexibility index (Phi) is 5.62. The summed E-state index contributed by atoms with van der Waals surface area (Å²) in [5.74, 6) is 4.04. The van der Waals surface area contributed by atoms with Gasteiger partial charge in [0.2, 0.25) is 0 Å². The number of rotatable bonds is 8. The number of hydrogen-bond donors (Lipinski definition) is 3. The fourth-order valence-electron chi connectivity index (χ4n) is 4.69. The van der Waals surface area contributed by atoms with Gasteiger partial charge in [0.15, 0.2) is 5.65 Å². The molecule has 176 valence electrons. The summed E-state index contributed by atoms with van der Waals surface area (Å²) in [6.45, 7) is 3.73. The van der Waals surface area contributed by atoms with Crippen molar-refractivity contribution >= 4 is 17.3 Å². The van der Waals surface area contributed by atoms with Gasteiger partial charge >= 0.3 is 0 Å². The van der Waals surface area contributed by atoms with Crippen LogP contribution in [-0.2, 0) is 13.6 Å². The summed E-state index contributed by atoms with van der Waals surface area (Å²) in [6.07, 6.45) is 10.7. The molecule has 0 spiro atoms. The highest BCUT2D eigenvalue weighted by atomic mass is 15.3. The average Bonchev–Trinajstić information content (AvgIpc) is 3.52. The molecule has 0 amide bonds. The second-order valence-corrected chi connectivity index (χ2v) is 9.43. The molecule has 4 aromatic rings. The molecule has 1 aliphatic carbocycles. The van der Waals surface area contributed by atoms with Crippen LogP contribution >= 0.6 is 0 Å². The summed E-state index contributed by atoms with van der Waals surface area (Å²) in [5, 5.41) is 15.3. The van der Waals surface area contributed by atoms with E-state index in [1.165, 1.54) is 31.2 Å². The van der Waals surface area contributed by atoms with E-state index in [-0.39, 0.29) is 0 Å². The van der Waals surface area contributed by atoms with Gasteiger partial charge in [0.05, 0.1) is 18.4 Å². The Morgan fingerprint density at radius 3 is 2.74 bits per heavy atom. The maximum absolute atomic E-state index is 4.96. The Hall–Kier alpha value is -3.46. The zero-order chi connectivity index (χ0) is 22.9. The van der Waals surface area contributed by atoms with Crippen molar-refractivity contribution in [1.82, 2.24) is 34.4 Å². The predicted molar refractivity (Wildman–Crippen MR) is 133 cm³/mol. The van der Waals surface area contributed by atoms with Gasteiger partial charge < -0.3 is 20.5 Å². The first-order chi connectivity index (χ1) is 16.7. The summed E-state index contributed by atoms with van der Waals surface area (Å²) < 4.78 is 3.98. The van der Waals surface area contributed by atoms with Gasteiger partial charge in [-0.2, -0.15) is 9.61 Å². The normalized spacial score (nSPS) is 16.7. The van der Waals surface area contributed by atoms with E-state index in [9.17, 15) is 0 Å². The summed E-state index contributed by atoms with van der Waals surface area (Å²) in [6, 6.07) is 7.95. The molecule has 5 heterocycles. The van der Waals surface area contributed by atoms with Crippen LogP contribution in [0.1, 0.15) is 43.0 Å². The Labute approximate surface area is 199 Å². The molecular formula is C25H31N9. The fourth-order valence-corrected chi connectivity index (χ4v) is 4.69. The van der Waals surface area contributed by atoms with E-state index in [2.05, 4.69) is 32.1 Å². The highest BCUT2D eigenvalue weighted by molar-refractivity contribution is 5.62. The van der Waals surface area contributed by atoms with Crippen LogP contribution < -0.4 is 16.0 Å². The van der Waals surface area contributed by atoms with Crippen LogP contribution in [0.25, 0.3) is 17.0 Å². The minimum atomic E-state index is 0.578. The zero-order valence-corrected chi connectivity index (χ0v) is 19.5. The molecule has 0 radical (unpaired) electrons. The highest BCUT2D eigenvalue weighted by Crippen LogP contribution is 2.42. The molecule has 0 bridgehead atoms. The molecule has 1 saturated carbocycles. The minimum Gasteiger partial charge on any atom is -0.370 e. The maximum Gasteiger partial charge on any atom is 0.163 e. The first-order valence-electron chi connectivity index (χ1n) is 12.3. The van der Waals surface area contributed by atoms with Crippen LogP contribution in [-0.4, -0.2) is 48.8 Å². The van der Waals surface area contributed by atoms with Crippen LogP contribution in [0.5, 0.6) is 0 Å². The van der Waals surface area contributed by atoms with Crippen LogP contribution in [0.15, 0.2) is 42.9 Å². The summed E-state index contributed by atoms with van der Waals surface area (Å²) in [7, 11) is 2.02. The lowest BCUT2D eigenvalue weighted by Gasteiger charge is -2.23. The number of nitrogens with zero attached hydrogens (tertiary/aromatic N) is 6. The largest absolute Gasteiger partial charge is 0.370 e. The van der Waals surface area contributed by atoms with Gasteiger partial charge in [0, 0.05) is 37.6 Å². The summed E-state index contributed by atoms with van der Waals surface area (Å²) in [4.78, 5) is 14.2. The second kappa shape index (κ2) is 9.06. The molecule has 9 heteroatoms. The molecular weight excluding hydrogens is 426 g/mol. The minimum absolute atomic E-state index is 0.578. The molecule has 3 N–H and O–H groups in total. The molecule has 1 aliphatic heterocycles. The van der Waals surface area contributed by atoms with Crippen LogP contribution in [0.2, 0.25) is 0 Å². The van der Waals surface area contributed by atoms with Gasteiger partial charge in [-0.25, -0.2) is 9.97 Å². The Morgan fingerprint density at radius 1 is 1.06 bits per heavy atom. The third-order valence-electron chi connectivity index (χ3n) is 6.87. The van der Waals surface area contributed by atoms with Crippen molar-refractivity contribution in [3.05, 3.63) is 54.2 Å². The van der Waals surface area contributed by atoms with Crippen LogP contribution in [0.3, 0.4) is 0 Å². The Bertz CT molecular complexity index is 1270. The lowest BCUT2D eigenvalue weighted by Crippen LogP contribution is -2.31. The first-order valence-corrected chi connectivity index (χ1v) is 12.3. The van der Waals surface area contributed by atoms with E-state index in [1.807, 2.05) is 46.7 Å². The van der Waals surface area contributed by atoms with Gasteiger partial charge in [0.25, 0.3) is 0 Å². The van der Waals surface area contributed by atoms with Gasteiger partial charge in [-0.05, 0) is 62.7 Å². The number of imidazole rings is 1. The number of pyridine rings is 1. The van der Waals surface area contributed by atoms with Crippen molar-refractivity contribution in [3.63, 3.8) is 0 Å². The molecule has 34 heavy (non-hydrogen) atoms. The molecule has 9 nitrogen and oxygen atoms in total. The molecule has 1 saturated heterocycles. The van der Waals surface area contributed by atoms with Crippen LogP contribution in [0, 0.1) is 5.92 Å². The number of fused-ring (bicyclic) bond motifs is 1. The molecule has 0 atom stereocenters. The third kappa shape index (κ3) is 4.35. The van der Waals surface area contributed by atoms with Gasteiger partial charge in [0.1, 0.15) is 23.2 Å². The molecule has 6 rings (SSSR count). The van der Waals surface area contributed by atoms with E-state index in [0.29, 0.717) is 18.4 Å². The third-order valence-corrected chi connectivity index (χ3v) is 6.87. The number of nitrogens with one attached hydrogen (secondary N) is 3. The van der Waals surface area contributed by atoms with E-state index in [1.54, 1.807) is 6.20 Å². The van der Waals surface area contributed by atoms with Gasteiger partial charge in [-0.3, -0.25) is 4.98 Å². The van der Waals surface area contributed by atoms with Gasteiger partial charge in [-0.1, -0.05) is 6.07 Å². The SMILES string of the molecule is Cn1cc(-c2ccccn2)nc1CNc1cc(NCC2CCNCC2)nc2c(C3CC3)cnn12. The standard InChI is InChI=1S/C25H31N9/c1-33-16-21(20-4-2-3-9-27-20)31-24(33)15-29-23-12-22(28-13-17-7-10-26-11-8-17)32-25-19(18-5-6-18)14-30-34(23)25/h2-4,9,12,14,16-18,26,29H,5-8,10-11,13,15H2,1H3,(H,28,32). The highest BCUT2D eigenvalue weighted by Gasteiger charge is 2.28. The maximum atomic E-state index is 4.96. The van der Waals surface area contributed by atoms with Crippen molar-refractivity contribution in [3.8, 4) is 11.4 Å². The number of hydrogen-bond acceptors (Lipinski definition) is 7. The number of aromatic nitrogens is 6. The Morgan fingerprint density at radius 2 is 1.94 bits per heavy atom. The van der Waals surface area contributed by atoms with Crippen molar-refractivity contribution in [2.75, 3.05) is 30.3 Å². The van der Waals surface area contributed by atoms with Crippen LogP contribution in [0.4, 0.5) is 11.6 Å². The number of anilines is 2. The fraction of sp³-hybridized carbons (Fsp3) is 0.440. The van der Waals surface area contributed by atoms with Crippen molar-refractivity contribution in [2.45, 2.75) is 38.1 Å². The first kappa shape index (κ1) is 21.1. The average molecular weight is 458 g/mol. The summed E-state index contributed by atoms with van der Waals surface area (Å²) in [5.41, 5.74) is 3.96. The molecule has 2 fully saturated rings. The molecule has 0 aromatic carbocycles. The van der Waals surface area contributed by atoms with E-state index < -0.39 is 0 Å². The van der Waals surface area contributed by atoms with E-state index in [4.69, 9.17) is 9.97 Å². The Balaban J connectivity index is 1.25. The lowest BCUT2D eigenvalue weighted by molar-refractivity contribution is 0.389. The topological polar surface area (TPSA) is 97.0 Å². The molecule has 0 unspecified atom stereocenters. The van der Waals surface area contributed by atoms with Gasteiger partial charge in [-0.15, -0.1) is 0 Å². The number of piperidine rings is 1. The predicted octanol–water partition coefficient (Wildman–Crippen LogP) is 3.43. The smallest absolute Gasteiger partial charge is 0.163 e. The molecule has 4 aromatic heterocycles. The number of aryl methyl sites for hydroxylation is 1. The van der Waals surface area contributed by atoms with E-state index >= 15 is 0 Å². The second-order valence-electron chi connectivity index (χ2n) is 9.43. The summed E-state index contributed by atoms with van der Waals surface area (Å²) >= 11 is 0. The lowest BCUT2D eigenvalue weighted by atomic mass is 9.98. The quantitative estimate of drug-likeness (QED) is 0.373.